The second-order valence-electron chi connectivity index (χ2n) is 5.12. The average Bonchev–Trinajstić information content (AvgIpc) is 2.56. The topological polar surface area (TPSA) is 55.8 Å². The Bertz CT molecular complexity index is 461. The second-order valence-corrected chi connectivity index (χ2v) is 5.12. The fourth-order valence-corrected chi connectivity index (χ4v) is 2.10. The van der Waals surface area contributed by atoms with E-state index in [1.54, 1.807) is 11.8 Å². The van der Waals surface area contributed by atoms with Gasteiger partial charge in [0.1, 0.15) is 5.75 Å². The first-order valence-electron chi connectivity index (χ1n) is 7.62. The van der Waals surface area contributed by atoms with Gasteiger partial charge in [-0.1, -0.05) is 25.1 Å². The summed E-state index contributed by atoms with van der Waals surface area (Å²) in [7, 11) is 1.36. The van der Waals surface area contributed by atoms with Gasteiger partial charge in [-0.05, 0) is 25.5 Å². The number of hydrogen-bond acceptors (Lipinski definition) is 4. The zero-order chi connectivity index (χ0) is 16.4. The number of nitrogens with zero attached hydrogens (tertiary/aromatic N) is 1. The summed E-state index contributed by atoms with van der Waals surface area (Å²) in [6.45, 7) is 5.14. The van der Waals surface area contributed by atoms with Crippen molar-refractivity contribution in [2.75, 3.05) is 26.8 Å². The second kappa shape index (κ2) is 9.82. The standard InChI is InChI=1S/C17H25NO4/c1-4-18(13-14(2)17(20)21-3)16(19)11-8-12-22-15-9-6-5-7-10-15/h5-7,9-10,14H,4,8,11-13H2,1-3H3. The molecule has 1 aromatic rings. The lowest BCUT2D eigenvalue weighted by atomic mass is 10.1. The van der Waals surface area contributed by atoms with Crippen molar-refractivity contribution in [3.8, 4) is 5.75 Å². The Morgan fingerprint density at radius 3 is 2.50 bits per heavy atom. The van der Waals surface area contributed by atoms with E-state index in [1.165, 1.54) is 7.11 Å². The lowest BCUT2D eigenvalue weighted by Crippen LogP contribution is -2.37. The minimum absolute atomic E-state index is 0.0370. The minimum Gasteiger partial charge on any atom is -0.494 e. The smallest absolute Gasteiger partial charge is 0.310 e. The van der Waals surface area contributed by atoms with Crippen LogP contribution in [0.4, 0.5) is 0 Å². The third kappa shape index (κ3) is 6.16. The normalized spacial score (nSPS) is 11.6. The molecule has 0 aliphatic carbocycles. The molecule has 1 aromatic carbocycles. The fraction of sp³-hybridized carbons (Fsp3) is 0.529. The third-order valence-electron chi connectivity index (χ3n) is 3.38. The molecule has 1 unspecified atom stereocenters. The van der Waals surface area contributed by atoms with E-state index in [-0.39, 0.29) is 17.8 Å². The van der Waals surface area contributed by atoms with E-state index in [2.05, 4.69) is 4.74 Å². The third-order valence-corrected chi connectivity index (χ3v) is 3.38. The van der Waals surface area contributed by atoms with E-state index >= 15 is 0 Å². The van der Waals surface area contributed by atoms with Gasteiger partial charge in [0, 0.05) is 19.5 Å². The predicted molar refractivity (Wildman–Crippen MR) is 84.6 cm³/mol. The molecule has 0 heterocycles. The summed E-state index contributed by atoms with van der Waals surface area (Å²) < 4.78 is 10.2. The Morgan fingerprint density at radius 1 is 1.23 bits per heavy atom. The van der Waals surface area contributed by atoms with Gasteiger partial charge >= 0.3 is 5.97 Å². The van der Waals surface area contributed by atoms with Crippen molar-refractivity contribution in [2.24, 2.45) is 5.92 Å². The zero-order valence-corrected chi connectivity index (χ0v) is 13.6. The van der Waals surface area contributed by atoms with E-state index in [9.17, 15) is 9.59 Å². The van der Waals surface area contributed by atoms with Crippen molar-refractivity contribution in [3.63, 3.8) is 0 Å². The highest BCUT2D eigenvalue weighted by Gasteiger charge is 2.20. The van der Waals surface area contributed by atoms with Gasteiger partial charge in [-0.25, -0.2) is 0 Å². The van der Waals surface area contributed by atoms with E-state index < -0.39 is 0 Å². The molecule has 5 heteroatoms. The van der Waals surface area contributed by atoms with Crippen LogP contribution in [0.1, 0.15) is 26.7 Å². The molecule has 0 saturated heterocycles. The molecule has 1 rings (SSSR count). The van der Waals surface area contributed by atoms with Crippen LogP contribution in [0.15, 0.2) is 30.3 Å². The maximum absolute atomic E-state index is 12.2. The molecule has 5 nitrogen and oxygen atoms in total. The van der Waals surface area contributed by atoms with Gasteiger partial charge in [-0.3, -0.25) is 9.59 Å². The molecule has 122 valence electrons. The molecule has 0 radical (unpaired) electrons. The molecular formula is C17H25NO4. The molecule has 1 amide bonds. The van der Waals surface area contributed by atoms with Gasteiger partial charge in [0.05, 0.1) is 19.6 Å². The maximum atomic E-state index is 12.2. The van der Waals surface area contributed by atoms with Crippen LogP contribution in [0, 0.1) is 5.92 Å². The van der Waals surface area contributed by atoms with Crippen LogP contribution in [-0.2, 0) is 14.3 Å². The zero-order valence-electron chi connectivity index (χ0n) is 13.6. The summed E-state index contributed by atoms with van der Waals surface area (Å²) in [6, 6.07) is 9.52. The summed E-state index contributed by atoms with van der Waals surface area (Å²) in [5.74, 6) is 0.240. The molecule has 0 aromatic heterocycles. The minimum atomic E-state index is -0.311. The highest BCUT2D eigenvalue weighted by Crippen LogP contribution is 2.10. The van der Waals surface area contributed by atoms with Gasteiger partial charge in [0.15, 0.2) is 0 Å². The Kier molecular flexibility index (Phi) is 8.04. The van der Waals surface area contributed by atoms with Crippen molar-refractivity contribution >= 4 is 11.9 Å². The van der Waals surface area contributed by atoms with Crippen LogP contribution < -0.4 is 4.74 Å². The van der Waals surface area contributed by atoms with Crippen LogP contribution in [0.5, 0.6) is 5.75 Å². The number of rotatable bonds is 9. The Morgan fingerprint density at radius 2 is 1.91 bits per heavy atom. The van der Waals surface area contributed by atoms with E-state index in [1.807, 2.05) is 37.3 Å². The Labute approximate surface area is 132 Å². The van der Waals surface area contributed by atoms with Gasteiger partial charge in [-0.2, -0.15) is 0 Å². The average molecular weight is 307 g/mol. The summed E-state index contributed by atoms with van der Waals surface area (Å²) >= 11 is 0. The van der Waals surface area contributed by atoms with Crippen molar-refractivity contribution in [1.82, 2.24) is 4.90 Å². The van der Waals surface area contributed by atoms with E-state index in [0.717, 1.165) is 5.75 Å². The molecule has 0 spiro atoms. The first kappa shape index (κ1) is 18.0. The van der Waals surface area contributed by atoms with E-state index in [4.69, 9.17) is 4.74 Å². The quantitative estimate of drug-likeness (QED) is 0.519. The lowest BCUT2D eigenvalue weighted by molar-refractivity contribution is -0.146. The number of ether oxygens (including phenoxy) is 2. The SMILES string of the molecule is CCN(CC(C)C(=O)OC)C(=O)CCCOc1ccccc1. The van der Waals surface area contributed by atoms with Crippen LogP contribution in [-0.4, -0.2) is 43.6 Å². The van der Waals surface area contributed by atoms with Crippen molar-refractivity contribution < 1.29 is 19.1 Å². The molecule has 0 bridgehead atoms. The summed E-state index contributed by atoms with van der Waals surface area (Å²) in [4.78, 5) is 25.3. The lowest BCUT2D eigenvalue weighted by Gasteiger charge is -2.23. The van der Waals surface area contributed by atoms with E-state index in [0.29, 0.717) is 32.5 Å². The largest absolute Gasteiger partial charge is 0.494 e. The molecular weight excluding hydrogens is 282 g/mol. The molecule has 0 saturated carbocycles. The number of benzene rings is 1. The Balaban J connectivity index is 2.31. The van der Waals surface area contributed by atoms with Crippen LogP contribution in [0.3, 0.4) is 0 Å². The molecule has 0 aliphatic rings. The van der Waals surface area contributed by atoms with Crippen LogP contribution >= 0.6 is 0 Å². The number of methoxy groups -OCH3 is 1. The number of hydrogen-bond donors (Lipinski definition) is 0. The van der Waals surface area contributed by atoms with Gasteiger partial charge in [0.25, 0.3) is 0 Å². The number of carbonyl (C=O) groups is 2. The number of amides is 1. The summed E-state index contributed by atoms with van der Waals surface area (Å²) in [5.41, 5.74) is 0. The number of esters is 1. The van der Waals surface area contributed by atoms with Crippen LogP contribution in [0.25, 0.3) is 0 Å². The molecule has 22 heavy (non-hydrogen) atoms. The first-order valence-corrected chi connectivity index (χ1v) is 7.62. The predicted octanol–water partition coefficient (Wildman–Crippen LogP) is 2.50. The first-order chi connectivity index (χ1) is 10.6. The highest BCUT2D eigenvalue weighted by molar-refractivity contribution is 5.77. The van der Waals surface area contributed by atoms with Crippen molar-refractivity contribution in [2.45, 2.75) is 26.7 Å². The van der Waals surface area contributed by atoms with Gasteiger partial charge in [0.2, 0.25) is 5.91 Å². The fourth-order valence-electron chi connectivity index (χ4n) is 2.10. The van der Waals surface area contributed by atoms with Crippen molar-refractivity contribution in [1.29, 1.82) is 0 Å². The van der Waals surface area contributed by atoms with Crippen LogP contribution in [0.2, 0.25) is 0 Å². The molecule has 1 atom stereocenters. The molecule has 0 aliphatic heterocycles. The summed E-state index contributed by atoms with van der Waals surface area (Å²) in [5, 5.41) is 0. The Hall–Kier alpha value is -2.04. The highest BCUT2D eigenvalue weighted by atomic mass is 16.5. The number of carbonyl (C=O) groups excluding carboxylic acids is 2. The van der Waals surface area contributed by atoms with Crippen molar-refractivity contribution in [3.05, 3.63) is 30.3 Å². The molecule has 0 fully saturated rings. The monoisotopic (exact) mass is 307 g/mol. The number of para-hydroxylation sites is 1. The maximum Gasteiger partial charge on any atom is 0.310 e. The summed E-state index contributed by atoms with van der Waals surface area (Å²) in [6.07, 6.45) is 1.06. The van der Waals surface area contributed by atoms with Gasteiger partial charge < -0.3 is 14.4 Å². The molecule has 0 N–H and O–H groups in total. The van der Waals surface area contributed by atoms with Gasteiger partial charge in [-0.15, -0.1) is 0 Å².